The van der Waals surface area contributed by atoms with Gasteiger partial charge in [-0.2, -0.15) is 5.10 Å². The van der Waals surface area contributed by atoms with Crippen LogP contribution in [0, 0.1) is 6.92 Å². The Balaban J connectivity index is 1.69. The van der Waals surface area contributed by atoms with Crippen LogP contribution in [0.2, 0.25) is 0 Å². The molecule has 2 aromatic heterocycles. The van der Waals surface area contributed by atoms with Crippen molar-refractivity contribution >= 4 is 5.91 Å². The minimum absolute atomic E-state index is 0.0795. The average molecular weight is 316 g/mol. The lowest BCUT2D eigenvalue weighted by Gasteiger charge is -2.33. The van der Waals surface area contributed by atoms with Crippen molar-refractivity contribution < 1.29 is 9.21 Å². The molecule has 1 amide bonds. The lowest BCUT2D eigenvalue weighted by molar-refractivity contribution is 0.0913. The fraction of sp³-hybridized carbons (Fsp3) is 0.529. The Hall–Kier alpha value is -2.08. The van der Waals surface area contributed by atoms with Crippen LogP contribution in [0.25, 0.3) is 0 Å². The molecule has 0 saturated carbocycles. The molecule has 3 rings (SSSR count). The maximum Gasteiger partial charge on any atom is 0.254 e. The van der Waals surface area contributed by atoms with E-state index in [1.54, 1.807) is 17.1 Å². The molecule has 1 unspecified atom stereocenters. The number of nitrogens with one attached hydrogen (secondary N) is 1. The second kappa shape index (κ2) is 7.00. The van der Waals surface area contributed by atoms with Gasteiger partial charge in [0.1, 0.15) is 5.76 Å². The smallest absolute Gasteiger partial charge is 0.254 e. The third kappa shape index (κ3) is 3.47. The molecule has 6 nitrogen and oxygen atoms in total. The highest BCUT2D eigenvalue weighted by Crippen LogP contribution is 2.24. The van der Waals surface area contributed by atoms with E-state index in [2.05, 4.69) is 15.3 Å². The van der Waals surface area contributed by atoms with Crippen LogP contribution in [-0.4, -0.2) is 40.2 Å². The highest BCUT2D eigenvalue weighted by atomic mass is 16.3. The fourth-order valence-corrected chi connectivity index (χ4v) is 3.13. The van der Waals surface area contributed by atoms with Gasteiger partial charge in [-0.25, -0.2) is 0 Å². The molecule has 1 fully saturated rings. The van der Waals surface area contributed by atoms with E-state index in [4.69, 9.17) is 4.42 Å². The topological polar surface area (TPSA) is 63.3 Å². The lowest BCUT2D eigenvalue weighted by Crippen LogP contribution is -2.40. The first-order valence-electron chi connectivity index (χ1n) is 8.21. The Labute approximate surface area is 136 Å². The molecular weight excluding hydrogens is 292 g/mol. The summed E-state index contributed by atoms with van der Waals surface area (Å²) in [6, 6.07) is 3.98. The van der Waals surface area contributed by atoms with E-state index in [1.807, 2.05) is 26.1 Å². The van der Waals surface area contributed by atoms with Gasteiger partial charge in [0.2, 0.25) is 0 Å². The van der Waals surface area contributed by atoms with Gasteiger partial charge in [0.25, 0.3) is 5.91 Å². The number of rotatable bonds is 5. The molecule has 124 valence electrons. The molecule has 0 bridgehead atoms. The van der Waals surface area contributed by atoms with Crippen LogP contribution in [0.4, 0.5) is 0 Å². The van der Waals surface area contributed by atoms with E-state index in [0.29, 0.717) is 12.1 Å². The van der Waals surface area contributed by atoms with Crippen LogP contribution in [-0.2, 0) is 7.05 Å². The maximum absolute atomic E-state index is 12.4. The van der Waals surface area contributed by atoms with Crippen LogP contribution in [0.15, 0.2) is 29.0 Å². The predicted octanol–water partition coefficient (Wildman–Crippen LogP) is 2.28. The van der Waals surface area contributed by atoms with E-state index >= 15 is 0 Å². The molecule has 6 heteroatoms. The second-order valence-electron chi connectivity index (χ2n) is 6.11. The predicted molar refractivity (Wildman–Crippen MR) is 87.2 cm³/mol. The summed E-state index contributed by atoms with van der Waals surface area (Å²) in [6.07, 6.45) is 7.00. The number of hydrogen-bond acceptors (Lipinski definition) is 4. The zero-order chi connectivity index (χ0) is 16.2. The fourth-order valence-electron chi connectivity index (χ4n) is 3.13. The van der Waals surface area contributed by atoms with Crippen LogP contribution in [0.5, 0.6) is 0 Å². The summed E-state index contributed by atoms with van der Waals surface area (Å²) in [6.45, 7) is 4.54. The summed E-state index contributed by atoms with van der Waals surface area (Å²) < 4.78 is 7.32. The molecule has 0 aromatic carbocycles. The SMILES string of the molecule is Cc1c(C(=O)NCC(c2ccco2)N2CCCCC2)cnn1C. The number of furan rings is 1. The summed E-state index contributed by atoms with van der Waals surface area (Å²) >= 11 is 0. The number of likely N-dealkylation sites (tertiary alicyclic amines) is 1. The van der Waals surface area contributed by atoms with Crippen molar-refractivity contribution in [2.75, 3.05) is 19.6 Å². The van der Waals surface area contributed by atoms with Crippen molar-refractivity contribution in [3.63, 3.8) is 0 Å². The number of hydrogen-bond donors (Lipinski definition) is 1. The van der Waals surface area contributed by atoms with E-state index in [-0.39, 0.29) is 11.9 Å². The molecule has 0 spiro atoms. The first kappa shape index (κ1) is 15.8. The molecule has 1 N–H and O–H groups in total. The van der Waals surface area contributed by atoms with Crippen molar-refractivity contribution in [1.29, 1.82) is 0 Å². The van der Waals surface area contributed by atoms with Crippen molar-refractivity contribution in [2.24, 2.45) is 7.05 Å². The van der Waals surface area contributed by atoms with Crippen LogP contribution in [0.3, 0.4) is 0 Å². The van der Waals surface area contributed by atoms with Crippen LogP contribution >= 0.6 is 0 Å². The Morgan fingerprint density at radius 3 is 2.78 bits per heavy atom. The monoisotopic (exact) mass is 316 g/mol. The largest absolute Gasteiger partial charge is 0.468 e. The Morgan fingerprint density at radius 2 is 2.17 bits per heavy atom. The third-order valence-corrected chi connectivity index (χ3v) is 4.64. The molecular formula is C17H24N4O2. The Bertz CT molecular complexity index is 642. The van der Waals surface area contributed by atoms with Gasteiger partial charge in [-0.05, 0) is 45.0 Å². The molecule has 1 atom stereocenters. The van der Waals surface area contributed by atoms with Crippen molar-refractivity contribution in [1.82, 2.24) is 20.0 Å². The number of aromatic nitrogens is 2. The van der Waals surface area contributed by atoms with E-state index in [0.717, 1.165) is 24.5 Å². The summed E-state index contributed by atoms with van der Waals surface area (Å²) in [5, 5.41) is 7.18. The molecule has 1 aliphatic rings. The van der Waals surface area contributed by atoms with Crippen LogP contribution < -0.4 is 5.32 Å². The Morgan fingerprint density at radius 1 is 1.39 bits per heavy atom. The van der Waals surface area contributed by atoms with E-state index in [9.17, 15) is 4.79 Å². The van der Waals surface area contributed by atoms with Gasteiger partial charge in [-0.1, -0.05) is 6.42 Å². The molecule has 1 aliphatic heterocycles. The number of carbonyl (C=O) groups is 1. The summed E-state index contributed by atoms with van der Waals surface area (Å²) in [5.41, 5.74) is 1.50. The zero-order valence-corrected chi connectivity index (χ0v) is 13.8. The van der Waals surface area contributed by atoms with Crippen LogP contribution in [0.1, 0.15) is 47.1 Å². The summed E-state index contributed by atoms with van der Waals surface area (Å²) in [7, 11) is 1.84. The average Bonchev–Trinajstić information content (AvgIpc) is 3.20. The highest BCUT2D eigenvalue weighted by Gasteiger charge is 2.25. The molecule has 1 saturated heterocycles. The first-order valence-corrected chi connectivity index (χ1v) is 8.21. The summed E-state index contributed by atoms with van der Waals surface area (Å²) in [4.78, 5) is 14.8. The first-order chi connectivity index (χ1) is 11.2. The molecule has 0 aliphatic carbocycles. The van der Waals surface area contributed by atoms with Crippen molar-refractivity contribution in [2.45, 2.75) is 32.2 Å². The molecule has 2 aromatic rings. The van der Waals surface area contributed by atoms with Gasteiger partial charge in [-0.3, -0.25) is 14.4 Å². The Kier molecular flexibility index (Phi) is 4.81. The number of nitrogens with zero attached hydrogens (tertiary/aromatic N) is 3. The van der Waals surface area contributed by atoms with Gasteiger partial charge in [0.15, 0.2) is 0 Å². The molecule has 0 radical (unpaired) electrons. The molecule has 3 heterocycles. The number of aryl methyl sites for hydroxylation is 1. The minimum atomic E-state index is -0.0795. The van der Waals surface area contributed by atoms with E-state index < -0.39 is 0 Å². The standard InChI is InChI=1S/C17H24N4O2/c1-13-14(11-19-20(13)2)17(22)18-12-15(16-7-6-10-23-16)21-8-4-3-5-9-21/h6-7,10-11,15H,3-5,8-9,12H2,1-2H3,(H,18,22). The zero-order valence-electron chi connectivity index (χ0n) is 13.8. The lowest BCUT2D eigenvalue weighted by atomic mass is 10.1. The maximum atomic E-state index is 12.4. The third-order valence-electron chi connectivity index (χ3n) is 4.64. The second-order valence-corrected chi connectivity index (χ2v) is 6.11. The van der Waals surface area contributed by atoms with Crippen molar-refractivity contribution in [3.05, 3.63) is 41.6 Å². The molecule has 23 heavy (non-hydrogen) atoms. The quantitative estimate of drug-likeness (QED) is 0.919. The van der Waals surface area contributed by atoms with Crippen molar-refractivity contribution in [3.8, 4) is 0 Å². The highest BCUT2D eigenvalue weighted by molar-refractivity contribution is 5.95. The van der Waals surface area contributed by atoms with Gasteiger partial charge >= 0.3 is 0 Å². The number of carbonyl (C=O) groups excluding carboxylic acids is 1. The minimum Gasteiger partial charge on any atom is -0.468 e. The van der Waals surface area contributed by atoms with Gasteiger partial charge in [0.05, 0.1) is 24.1 Å². The summed E-state index contributed by atoms with van der Waals surface area (Å²) in [5.74, 6) is 0.833. The van der Waals surface area contributed by atoms with E-state index in [1.165, 1.54) is 19.3 Å². The normalized spacial score (nSPS) is 17.1. The van der Waals surface area contributed by atoms with Gasteiger partial charge < -0.3 is 9.73 Å². The van der Waals surface area contributed by atoms with Gasteiger partial charge in [0, 0.05) is 19.3 Å². The number of amides is 1. The van der Waals surface area contributed by atoms with Gasteiger partial charge in [-0.15, -0.1) is 0 Å². The number of piperidine rings is 1.